The van der Waals surface area contributed by atoms with Crippen LogP contribution in [0.4, 0.5) is 0 Å². The fourth-order valence-corrected chi connectivity index (χ4v) is 2.26. The summed E-state index contributed by atoms with van der Waals surface area (Å²) in [7, 11) is 1.69. The Balaban J connectivity index is 2.16. The van der Waals surface area contributed by atoms with Crippen LogP contribution in [0.25, 0.3) is 0 Å². The van der Waals surface area contributed by atoms with Gasteiger partial charge in [-0.15, -0.1) is 0 Å². The number of nitrogens with one attached hydrogen (secondary N) is 2. The van der Waals surface area contributed by atoms with Gasteiger partial charge in [-0.1, -0.05) is 13.3 Å². The van der Waals surface area contributed by atoms with Crippen LogP contribution in [0.3, 0.4) is 0 Å². The van der Waals surface area contributed by atoms with E-state index in [1.807, 2.05) is 0 Å². The zero-order chi connectivity index (χ0) is 11.8. The van der Waals surface area contributed by atoms with E-state index in [2.05, 4.69) is 17.6 Å². The van der Waals surface area contributed by atoms with Crippen molar-refractivity contribution in [1.29, 1.82) is 0 Å². The molecular formula is C12H26N2O2. The molecule has 4 nitrogen and oxygen atoms in total. The van der Waals surface area contributed by atoms with Gasteiger partial charge in [0.1, 0.15) is 0 Å². The van der Waals surface area contributed by atoms with Crippen LogP contribution in [0.2, 0.25) is 0 Å². The lowest BCUT2D eigenvalue weighted by molar-refractivity contribution is 0.0941. The summed E-state index contributed by atoms with van der Waals surface area (Å²) in [6, 6.07) is 0.258. The second-order valence-corrected chi connectivity index (χ2v) is 4.62. The quantitative estimate of drug-likeness (QED) is 0.553. The van der Waals surface area contributed by atoms with Crippen molar-refractivity contribution in [3.8, 4) is 0 Å². The molecule has 3 N–H and O–H groups in total. The van der Waals surface area contributed by atoms with Crippen LogP contribution in [-0.2, 0) is 4.74 Å². The van der Waals surface area contributed by atoms with Crippen molar-refractivity contribution in [3.05, 3.63) is 0 Å². The Morgan fingerprint density at radius 1 is 1.56 bits per heavy atom. The van der Waals surface area contributed by atoms with Crippen molar-refractivity contribution in [1.82, 2.24) is 10.6 Å². The fraction of sp³-hybridized carbons (Fsp3) is 1.00. The molecule has 96 valence electrons. The maximum absolute atomic E-state index is 10.0. The van der Waals surface area contributed by atoms with Crippen molar-refractivity contribution >= 4 is 0 Å². The van der Waals surface area contributed by atoms with E-state index in [4.69, 9.17) is 4.74 Å². The number of hydrogen-bond acceptors (Lipinski definition) is 4. The van der Waals surface area contributed by atoms with E-state index in [1.165, 1.54) is 12.8 Å². The van der Waals surface area contributed by atoms with Crippen LogP contribution in [0.1, 0.15) is 26.2 Å². The maximum Gasteiger partial charge on any atom is 0.0817 e. The van der Waals surface area contributed by atoms with E-state index >= 15 is 0 Å². The van der Waals surface area contributed by atoms with E-state index in [1.54, 1.807) is 7.11 Å². The maximum atomic E-state index is 10.0. The van der Waals surface area contributed by atoms with E-state index < -0.39 is 0 Å². The molecule has 0 aliphatic carbocycles. The van der Waals surface area contributed by atoms with Gasteiger partial charge in [-0.3, -0.25) is 0 Å². The Morgan fingerprint density at radius 2 is 2.38 bits per heavy atom. The van der Waals surface area contributed by atoms with Gasteiger partial charge in [0.05, 0.1) is 12.7 Å². The molecule has 0 saturated carbocycles. The number of hydrogen-bond donors (Lipinski definition) is 3. The number of ether oxygens (including phenoxy) is 1. The van der Waals surface area contributed by atoms with Crippen molar-refractivity contribution in [2.45, 2.75) is 38.3 Å². The monoisotopic (exact) mass is 230 g/mol. The highest BCUT2D eigenvalue weighted by molar-refractivity contribution is 4.84. The molecule has 3 unspecified atom stereocenters. The van der Waals surface area contributed by atoms with Gasteiger partial charge in [-0.25, -0.2) is 0 Å². The Labute approximate surface area is 98.8 Å². The second kappa shape index (κ2) is 8.01. The molecular weight excluding hydrogens is 204 g/mol. The van der Waals surface area contributed by atoms with Gasteiger partial charge in [0.25, 0.3) is 0 Å². The number of aliphatic hydroxyl groups excluding tert-OH is 1. The molecule has 1 heterocycles. The molecule has 0 bridgehead atoms. The Bertz CT molecular complexity index is 178. The minimum Gasteiger partial charge on any atom is -0.390 e. The predicted molar refractivity (Wildman–Crippen MR) is 65.6 cm³/mol. The van der Waals surface area contributed by atoms with E-state index in [-0.39, 0.29) is 12.1 Å². The first-order valence-corrected chi connectivity index (χ1v) is 6.39. The minimum atomic E-state index is -0.286. The van der Waals surface area contributed by atoms with Crippen molar-refractivity contribution in [2.75, 3.05) is 33.4 Å². The zero-order valence-corrected chi connectivity index (χ0v) is 10.5. The standard InChI is InChI=1S/C12H26N2O2/c1-3-10-4-5-14-11(8-10)12(15)9-13-6-7-16-2/h10-15H,3-9H2,1-2H3. The normalized spacial score (nSPS) is 27.9. The Hall–Kier alpha value is -0.160. The molecule has 0 spiro atoms. The third-order valence-corrected chi connectivity index (χ3v) is 3.42. The number of rotatable bonds is 7. The molecule has 0 radical (unpaired) electrons. The Morgan fingerprint density at radius 3 is 3.06 bits per heavy atom. The molecule has 1 fully saturated rings. The second-order valence-electron chi connectivity index (χ2n) is 4.62. The summed E-state index contributed by atoms with van der Waals surface area (Å²) >= 11 is 0. The first kappa shape index (κ1) is 13.9. The summed E-state index contributed by atoms with van der Waals surface area (Å²) in [6.07, 6.45) is 3.29. The lowest BCUT2D eigenvalue weighted by Crippen LogP contribution is -2.49. The van der Waals surface area contributed by atoms with Crippen LogP contribution in [-0.4, -0.2) is 50.6 Å². The SMILES string of the molecule is CCC1CCNC(C(O)CNCCOC)C1. The third kappa shape index (κ3) is 4.78. The fourth-order valence-electron chi connectivity index (χ4n) is 2.26. The molecule has 0 aromatic heterocycles. The van der Waals surface area contributed by atoms with Gasteiger partial charge in [0.15, 0.2) is 0 Å². The van der Waals surface area contributed by atoms with Gasteiger partial charge in [-0.2, -0.15) is 0 Å². The molecule has 3 atom stereocenters. The van der Waals surface area contributed by atoms with Crippen LogP contribution in [0.5, 0.6) is 0 Å². The van der Waals surface area contributed by atoms with Gasteiger partial charge >= 0.3 is 0 Å². The first-order chi connectivity index (χ1) is 7.77. The number of methoxy groups -OCH3 is 1. The lowest BCUT2D eigenvalue weighted by Gasteiger charge is -2.33. The summed E-state index contributed by atoms with van der Waals surface area (Å²) in [5, 5.41) is 16.6. The molecule has 0 amide bonds. The topological polar surface area (TPSA) is 53.5 Å². The number of aliphatic hydroxyl groups is 1. The summed E-state index contributed by atoms with van der Waals surface area (Å²) in [5.41, 5.74) is 0. The highest BCUT2D eigenvalue weighted by atomic mass is 16.5. The van der Waals surface area contributed by atoms with Crippen molar-refractivity contribution < 1.29 is 9.84 Å². The van der Waals surface area contributed by atoms with E-state index in [9.17, 15) is 5.11 Å². The predicted octanol–water partition coefficient (Wildman–Crippen LogP) is 0.362. The summed E-state index contributed by atoms with van der Waals surface area (Å²) in [4.78, 5) is 0. The molecule has 1 aliphatic heterocycles. The molecule has 1 saturated heterocycles. The zero-order valence-electron chi connectivity index (χ0n) is 10.5. The largest absolute Gasteiger partial charge is 0.390 e. The number of piperidine rings is 1. The van der Waals surface area contributed by atoms with Gasteiger partial charge in [0, 0.05) is 26.2 Å². The molecule has 1 aliphatic rings. The van der Waals surface area contributed by atoms with Gasteiger partial charge < -0.3 is 20.5 Å². The van der Waals surface area contributed by atoms with Crippen LogP contribution in [0.15, 0.2) is 0 Å². The van der Waals surface area contributed by atoms with E-state index in [0.29, 0.717) is 13.2 Å². The van der Waals surface area contributed by atoms with Crippen LogP contribution in [0, 0.1) is 5.92 Å². The molecule has 16 heavy (non-hydrogen) atoms. The molecule has 1 rings (SSSR count). The summed E-state index contributed by atoms with van der Waals surface area (Å²) in [5.74, 6) is 0.778. The minimum absolute atomic E-state index is 0.258. The van der Waals surface area contributed by atoms with Gasteiger partial charge in [-0.05, 0) is 25.3 Å². The van der Waals surface area contributed by atoms with E-state index in [0.717, 1.165) is 25.4 Å². The van der Waals surface area contributed by atoms with Crippen molar-refractivity contribution in [2.24, 2.45) is 5.92 Å². The summed E-state index contributed by atoms with van der Waals surface area (Å²) in [6.45, 7) is 5.42. The molecule has 0 aromatic carbocycles. The lowest BCUT2D eigenvalue weighted by atomic mass is 9.88. The average Bonchev–Trinajstić information content (AvgIpc) is 2.34. The molecule has 0 aromatic rings. The summed E-state index contributed by atoms with van der Waals surface area (Å²) < 4.78 is 4.94. The smallest absolute Gasteiger partial charge is 0.0817 e. The van der Waals surface area contributed by atoms with Crippen molar-refractivity contribution in [3.63, 3.8) is 0 Å². The Kier molecular flexibility index (Phi) is 6.96. The highest BCUT2D eigenvalue weighted by Crippen LogP contribution is 2.20. The average molecular weight is 230 g/mol. The third-order valence-electron chi connectivity index (χ3n) is 3.42. The van der Waals surface area contributed by atoms with Crippen LogP contribution >= 0.6 is 0 Å². The van der Waals surface area contributed by atoms with Gasteiger partial charge in [0.2, 0.25) is 0 Å². The first-order valence-electron chi connectivity index (χ1n) is 6.39. The highest BCUT2D eigenvalue weighted by Gasteiger charge is 2.25. The molecule has 4 heteroatoms. The van der Waals surface area contributed by atoms with Crippen LogP contribution < -0.4 is 10.6 Å².